The summed E-state index contributed by atoms with van der Waals surface area (Å²) in [6.45, 7) is 9.33. The first-order valence-electron chi connectivity index (χ1n) is 4.94. The van der Waals surface area contributed by atoms with E-state index in [2.05, 4.69) is 16.6 Å². The Hall–Kier alpha value is -1.65. The molecule has 0 bridgehead atoms. The molecule has 2 N–H and O–H groups in total. The van der Waals surface area contributed by atoms with E-state index in [0.29, 0.717) is 19.2 Å². The molecule has 5 nitrogen and oxygen atoms in total. The SMILES string of the molecule is C=C(C)NC.CCC=O.CCOC(=O)C=N. The highest BCUT2D eigenvalue weighted by Crippen LogP contribution is 1.68. The van der Waals surface area contributed by atoms with Gasteiger partial charge in [-0.2, -0.15) is 0 Å². The van der Waals surface area contributed by atoms with Crippen molar-refractivity contribution in [1.82, 2.24) is 5.32 Å². The molecular formula is C11H22N2O3. The average molecular weight is 230 g/mol. The third-order valence-electron chi connectivity index (χ3n) is 0.998. The number of aldehydes is 1. The van der Waals surface area contributed by atoms with E-state index in [1.807, 2.05) is 20.9 Å². The van der Waals surface area contributed by atoms with Gasteiger partial charge in [-0.1, -0.05) is 13.5 Å². The van der Waals surface area contributed by atoms with Crippen LogP contribution >= 0.6 is 0 Å². The highest BCUT2D eigenvalue weighted by molar-refractivity contribution is 6.21. The van der Waals surface area contributed by atoms with Gasteiger partial charge in [0.05, 0.1) is 6.61 Å². The summed E-state index contributed by atoms with van der Waals surface area (Å²) in [5.74, 6) is -0.581. The van der Waals surface area contributed by atoms with Crippen molar-refractivity contribution in [3.63, 3.8) is 0 Å². The van der Waals surface area contributed by atoms with Crippen molar-refractivity contribution in [2.75, 3.05) is 13.7 Å². The first-order valence-corrected chi connectivity index (χ1v) is 4.94. The third-order valence-corrected chi connectivity index (χ3v) is 0.998. The van der Waals surface area contributed by atoms with Crippen LogP contribution in [0.25, 0.3) is 0 Å². The highest BCUT2D eigenvalue weighted by Gasteiger charge is 1.88. The number of allylic oxidation sites excluding steroid dienone is 1. The van der Waals surface area contributed by atoms with E-state index in [1.165, 1.54) is 0 Å². The summed E-state index contributed by atoms with van der Waals surface area (Å²) in [7, 11) is 1.85. The van der Waals surface area contributed by atoms with Gasteiger partial charge in [0.25, 0.3) is 0 Å². The van der Waals surface area contributed by atoms with Crippen LogP contribution in [0.1, 0.15) is 27.2 Å². The van der Waals surface area contributed by atoms with Gasteiger partial charge in [-0.15, -0.1) is 0 Å². The average Bonchev–Trinajstić information content (AvgIpc) is 2.30. The highest BCUT2D eigenvalue weighted by atomic mass is 16.5. The van der Waals surface area contributed by atoms with E-state index in [9.17, 15) is 9.59 Å². The van der Waals surface area contributed by atoms with E-state index >= 15 is 0 Å². The Morgan fingerprint density at radius 1 is 1.50 bits per heavy atom. The zero-order valence-corrected chi connectivity index (χ0v) is 10.5. The number of nitrogens with one attached hydrogen (secondary N) is 2. The van der Waals surface area contributed by atoms with Crippen LogP contribution < -0.4 is 5.32 Å². The van der Waals surface area contributed by atoms with Crippen molar-refractivity contribution >= 4 is 18.5 Å². The number of rotatable bonds is 4. The van der Waals surface area contributed by atoms with E-state index in [-0.39, 0.29) is 0 Å². The van der Waals surface area contributed by atoms with Crippen molar-refractivity contribution in [3.05, 3.63) is 12.3 Å². The molecule has 0 atom stereocenters. The van der Waals surface area contributed by atoms with E-state index in [1.54, 1.807) is 6.92 Å². The summed E-state index contributed by atoms with van der Waals surface area (Å²) < 4.78 is 4.31. The normalized spacial score (nSPS) is 7.00. The molecular weight excluding hydrogens is 208 g/mol. The Balaban J connectivity index is -0.000000166. The number of hydrogen-bond acceptors (Lipinski definition) is 5. The molecule has 0 aromatic rings. The first kappa shape index (κ1) is 19.9. The van der Waals surface area contributed by atoms with Gasteiger partial charge in [0.2, 0.25) is 0 Å². The predicted molar refractivity (Wildman–Crippen MR) is 65.6 cm³/mol. The molecule has 0 unspecified atom stereocenters. The monoisotopic (exact) mass is 230 g/mol. The summed E-state index contributed by atoms with van der Waals surface area (Å²) in [4.78, 5) is 19.1. The number of carbonyl (C=O) groups is 2. The molecule has 0 radical (unpaired) electrons. The van der Waals surface area contributed by atoms with Gasteiger partial charge in [0.15, 0.2) is 0 Å². The number of ether oxygens (including phenoxy) is 1. The first-order chi connectivity index (χ1) is 7.49. The number of hydrogen-bond donors (Lipinski definition) is 2. The fourth-order valence-corrected chi connectivity index (χ4v) is 0.184. The molecule has 0 heterocycles. The van der Waals surface area contributed by atoms with Crippen LogP contribution in [-0.4, -0.2) is 32.1 Å². The molecule has 0 spiro atoms. The van der Waals surface area contributed by atoms with Crippen LogP contribution in [0.3, 0.4) is 0 Å². The molecule has 16 heavy (non-hydrogen) atoms. The number of esters is 1. The topological polar surface area (TPSA) is 79.2 Å². The fraction of sp³-hybridized carbons (Fsp3) is 0.545. The third kappa shape index (κ3) is 39.5. The van der Waals surface area contributed by atoms with Crippen LogP contribution in [0, 0.1) is 5.41 Å². The largest absolute Gasteiger partial charge is 0.462 e. The molecule has 0 fully saturated rings. The van der Waals surface area contributed by atoms with Gasteiger partial charge < -0.3 is 20.3 Å². The summed E-state index contributed by atoms with van der Waals surface area (Å²) in [5.41, 5.74) is 1.00. The molecule has 0 aromatic heterocycles. The van der Waals surface area contributed by atoms with Gasteiger partial charge in [-0.25, -0.2) is 4.79 Å². The Morgan fingerprint density at radius 3 is 1.94 bits per heavy atom. The van der Waals surface area contributed by atoms with Gasteiger partial charge in [-0.05, 0) is 19.5 Å². The Kier molecular flexibility index (Phi) is 23.6. The lowest BCUT2D eigenvalue weighted by atomic mass is 10.6. The minimum Gasteiger partial charge on any atom is -0.462 e. The van der Waals surface area contributed by atoms with Crippen molar-refractivity contribution in [2.24, 2.45) is 0 Å². The Bertz CT molecular complexity index is 203. The van der Waals surface area contributed by atoms with E-state index in [0.717, 1.165) is 12.0 Å². The lowest BCUT2D eigenvalue weighted by Crippen LogP contribution is -2.02. The van der Waals surface area contributed by atoms with Crippen LogP contribution in [0.4, 0.5) is 0 Å². The molecule has 0 saturated carbocycles. The maximum atomic E-state index is 9.95. The van der Waals surface area contributed by atoms with Crippen molar-refractivity contribution < 1.29 is 14.3 Å². The minimum absolute atomic E-state index is 0.341. The van der Waals surface area contributed by atoms with Crippen LogP contribution in [0.15, 0.2) is 12.3 Å². The molecule has 5 heteroatoms. The standard InChI is InChI=1S/C4H7NO2.C4H9N.C3H6O/c1-2-7-4(6)3-5;1-4(2)5-3;1-2-3-4/h3,5H,2H2,1H3;5H,1H2,2-3H3;3H,2H2,1H3. The number of carbonyl (C=O) groups excluding carboxylic acids is 2. The zero-order chi connectivity index (χ0) is 13.4. The minimum atomic E-state index is -0.581. The molecule has 0 aliphatic carbocycles. The Labute approximate surface area is 97.4 Å². The smallest absolute Gasteiger partial charge is 0.348 e. The van der Waals surface area contributed by atoms with Crippen molar-refractivity contribution in [2.45, 2.75) is 27.2 Å². The second-order valence-corrected chi connectivity index (χ2v) is 2.50. The summed E-state index contributed by atoms with van der Waals surface area (Å²) in [6, 6.07) is 0. The van der Waals surface area contributed by atoms with Crippen molar-refractivity contribution in [1.29, 1.82) is 5.41 Å². The van der Waals surface area contributed by atoms with Crippen LogP contribution in [0.5, 0.6) is 0 Å². The molecule has 0 amide bonds. The summed E-state index contributed by atoms with van der Waals surface area (Å²) in [5, 5.41) is 9.15. The maximum Gasteiger partial charge on any atom is 0.348 e. The van der Waals surface area contributed by atoms with Gasteiger partial charge in [-0.3, -0.25) is 0 Å². The molecule has 0 saturated heterocycles. The van der Waals surface area contributed by atoms with E-state index < -0.39 is 5.97 Å². The molecule has 94 valence electrons. The molecule has 0 aliphatic rings. The predicted octanol–water partition coefficient (Wildman–Crippen LogP) is 1.53. The van der Waals surface area contributed by atoms with Gasteiger partial charge in [0.1, 0.15) is 12.5 Å². The Morgan fingerprint density at radius 2 is 1.88 bits per heavy atom. The molecule has 0 aromatic carbocycles. The van der Waals surface area contributed by atoms with Crippen molar-refractivity contribution in [3.8, 4) is 0 Å². The van der Waals surface area contributed by atoms with Gasteiger partial charge in [0, 0.05) is 13.5 Å². The maximum absolute atomic E-state index is 9.95. The van der Waals surface area contributed by atoms with Crippen LogP contribution in [-0.2, 0) is 14.3 Å². The van der Waals surface area contributed by atoms with Gasteiger partial charge >= 0.3 is 5.97 Å². The zero-order valence-electron chi connectivity index (χ0n) is 10.5. The summed E-state index contributed by atoms with van der Waals surface area (Å²) >= 11 is 0. The molecule has 0 aliphatic heterocycles. The second kappa shape index (κ2) is 19.0. The summed E-state index contributed by atoms with van der Waals surface area (Å²) in [6.07, 6.45) is 2.16. The lowest BCUT2D eigenvalue weighted by Gasteiger charge is -1.89. The quantitative estimate of drug-likeness (QED) is 0.436. The van der Waals surface area contributed by atoms with Crippen LogP contribution in [0.2, 0.25) is 0 Å². The fourth-order valence-electron chi connectivity index (χ4n) is 0.184. The molecule has 0 rings (SSSR count). The second-order valence-electron chi connectivity index (χ2n) is 2.50. The lowest BCUT2D eigenvalue weighted by molar-refractivity contribution is -0.134. The van der Waals surface area contributed by atoms with E-state index in [4.69, 9.17) is 5.41 Å².